The molecule has 160 valence electrons. The Bertz CT molecular complexity index is 859. The molecule has 1 heterocycles. The van der Waals surface area contributed by atoms with Crippen molar-refractivity contribution in [2.75, 3.05) is 63.7 Å². The highest BCUT2D eigenvalue weighted by Crippen LogP contribution is 2.19. The summed E-state index contributed by atoms with van der Waals surface area (Å²) in [4.78, 5) is 30.4. The zero-order valence-corrected chi connectivity index (χ0v) is 17.9. The van der Waals surface area contributed by atoms with Crippen LogP contribution >= 0.6 is 0 Å². The third kappa shape index (κ3) is 5.48. The molecule has 0 unspecified atom stereocenters. The molecule has 8 heteroatoms. The number of piperazine rings is 1. The fourth-order valence-electron chi connectivity index (χ4n) is 3.65. The number of nitro groups is 1. The molecule has 1 saturated heterocycles. The summed E-state index contributed by atoms with van der Waals surface area (Å²) >= 11 is 0. The van der Waals surface area contributed by atoms with E-state index in [2.05, 4.69) is 34.1 Å². The lowest BCUT2D eigenvalue weighted by atomic mass is 10.2. The summed E-state index contributed by atoms with van der Waals surface area (Å²) in [6.45, 7) is 4.49. The van der Waals surface area contributed by atoms with Crippen LogP contribution in [0, 0.1) is 10.1 Å². The Morgan fingerprint density at radius 1 is 1.03 bits per heavy atom. The third-order valence-corrected chi connectivity index (χ3v) is 5.60. The molecular formula is C22H30N5O3+. The van der Waals surface area contributed by atoms with Crippen molar-refractivity contribution >= 4 is 23.0 Å². The number of anilines is 2. The van der Waals surface area contributed by atoms with Gasteiger partial charge in [0.15, 0.2) is 6.54 Å². The zero-order chi connectivity index (χ0) is 21.7. The highest BCUT2D eigenvalue weighted by atomic mass is 16.6. The molecule has 1 N–H and O–H groups in total. The van der Waals surface area contributed by atoms with E-state index in [1.54, 1.807) is 17.0 Å². The minimum Gasteiger partial charge on any atom is -0.378 e. The summed E-state index contributed by atoms with van der Waals surface area (Å²) in [5.74, 6) is 0.144. The van der Waals surface area contributed by atoms with Crippen molar-refractivity contribution in [3.8, 4) is 0 Å². The molecule has 1 amide bonds. The quantitative estimate of drug-likeness (QED) is 0.543. The molecule has 3 rings (SSSR count). The summed E-state index contributed by atoms with van der Waals surface area (Å²) in [5, 5.41) is 10.8. The maximum atomic E-state index is 12.7. The third-order valence-electron chi connectivity index (χ3n) is 5.60. The molecule has 0 saturated carbocycles. The number of carbonyl (C=O) groups is 1. The number of rotatable bonds is 7. The summed E-state index contributed by atoms with van der Waals surface area (Å²) in [6, 6.07) is 14.9. The minimum atomic E-state index is -0.384. The van der Waals surface area contributed by atoms with Crippen molar-refractivity contribution in [2.24, 2.45) is 0 Å². The first-order valence-electron chi connectivity index (χ1n) is 10.2. The van der Waals surface area contributed by atoms with Crippen LogP contribution in [0.15, 0.2) is 48.5 Å². The van der Waals surface area contributed by atoms with Crippen molar-refractivity contribution in [3.05, 3.63) is 64.2 Å². The number of nitrogens with one attached hydrogen (secondary N) is 1. The predicted molar refractivity (Wildman–Crippen MR) is 118 cm³/mol. The van der Waals surface area contributed by atoms with E-state index in [1.807, 2.05) is 21.1 Å². The van der Waals surface area contributed by atoms with Crippen LogP contribution in [0.4, 0.5) is 17.1 Å². The van der Waals surface area contributed by atoms with E-state index < -0.39 is 0 Å². The first kappa shape index (κ1) is 21.6. The van der Waals surface area contributed by atoms with Crippen LogP contribution in [0.3, 0.4) is 0 Å². The zero-order valence-electron chi connectivity index (χ0n) is 17.9. The van der Waals surface area contributed by atoms with E-state index in [-0.39, 0.29) is 16.5 Å². The van der Waals surface area contributed by atoms with E-state index in [0.29, 0.717) is 13.1 Å². The molecule has 0 radical (unpaired) electrons. The van der Waals surface area contributed by atoms with Crippen molar-refractivity contribution in [1.82, 2.24) is 4.90 Å². The number of hydrogen-bond donors (Lipinski definition) is 1. The van der Waals surface area contributed by atoms with Gasteiger partial charge in [0.1, 0.15) is 0 Å². The van der Waals surface area contributed by atoms with Gasteiger partial charge < -0.3 is 19.6 Å². The van der Waals surface area contributed by atoms with Gasteiger partial charge in [-0.25, -0.2) is 0 Å². The average molecular weight is 413 g/mol. The maximum absolute atomic E-state index is 12.7. The molecule has 0 aromatic heterocycles. The van der Waals surface area contributed by atoms with E-state index in [0.717, 1.165) is 43.1 Å². The fourth-order valence-corrected chi connectivity index (χ4v) is 3.65. The van der Waals surface area contributed by atoms with Crippen LogP contribution in [0.25, 0.3) is 0 Å². The van der Waals surface area contributed by atoms with Gasteiger partial charge in [0.05, 0.1) is 31.1 Å². The molecule has 2 aromatic carbocycles. The lowest BCUT2D eigenvalue weighted by Crippen LogP contribution is -3.15. The van der Waals surface area contributed by atoms with Crippen LogP contribution in [0.5, 0.6) is 0 Å². The predicted octanol–water partition coefficient (Wildman–Crippen LogP) is 1.02. The minimum absolute atomic E-state index is 0.105. The van der Waals surface area contributed by atoms with Gasteiger partial charge in [-0.3, -0.25) is 14.9 Å². The smallest absolute Gasteiger partial charge is 0.277 e. The Morgan fingerprint density at radius 2 is 1.63 bits per heavy atom. The maximum Gasteiger partial charge on any atom is 0.277 e. The van der Waals surface area contributed by atoms with Gasteiger partial charge in [0, 0.05) is 51.2 Å². The SMILES string of the molecule is CN(Cc1ccc(N(C)C)cc1)C(=O)C[NH+]1CCN(c2ccc([N+](=O)[O-])cc2)CC1. The van der Waals surface area contributed by atoms with Gasteiger partial charge in [-0.05, 0) is 29.8 Å². The van der Waals surface area contributed by atoms with Gasteiger partial charge in [-0.2, -0.15) is 0 Å². The summed E-state index contributed by atoms with van der Waals surface area (Å²) in [5.41, 5.74) is 3.36. The number of carbonyl (C=O) groups excluding carboxylic acids is 1. The van der Waals surface area contributed by atoms with Gasteiger partial charge in [0.25, 0.3) is 11.6 Å². The lowest BCUT2D eigenvalue weighted by molar-refractivity contribution is -0.892. The molecule has 0 aliphatic carbocycles. The number of nitro benzene ring substituents is 1. The number of quaternary nitrogens is 1. The number of benzene rings is 2. The van der Waals surface area contributed by atoms with Gasteiger partial charge in [0.2, 0.25) is 0 Å². The Morgan fingerprint density at radius 3 is 2.17 bits per heavy atom. The normalized spacial score (nSPS) is 14.4. The highest BCUT2D eigenvalue weighted by molar-refractivity contribution is 5.76. The van der Waals surface area contributed by atoms with Crippen molar-refractivity contribution < 1.29 is 14.6 Å². The summed E-state index contributed by atoms with van der Waals surface area (Å²) in [6.07, 6.45) is 0. The summed E-state index contributed by atoms with van der Waals surface area (Å²) < 4.78 is 0. The molecule has 1 aliphatic heterocycles. The Labute approximate surface area is 177 Å². The lowest BCUT2D eigenvalue weighted by Gasteiger charge is -2.34. The molecule has 0 bridgehead atoms. The number of non-ortho nitro benzene ring substituents is 1. The fraction of sp³-hybridized carbons (Fsp3) is 0.409. The standard InChI is InChI=1S/C22H29N5O3/c1-23(2)19-6-4-18(5-7-19)16-24(3)22(28)17-25-12-14-26(15-13-25)20-8-10-21(11-9-20)27(29)30/h4-11H,12-17H2,1-3H3/p+1. The number of nitrogens with zero attached hydrogens (tertiary/aromatic N) is 4. The van der Waals surface area contributed by atoms with E-state index in [9.17, 15) is 14.9 Å². The largest absolute Gasteiger partial charge is 0.378 e. The van der Waals surface area contributed by atoms with Crippen LogP contribution in [0.2, 0.25) is 0 Å². The Kier molecular flexibility index (Phi) is 6.89. The second-order valence-corrected chi connectivity index (χ2v) is 8.00. The molecule has 1 aliphatic rings. The second kappa shape index (κ2) is 9.58. The van der Waals surface area contributed by atoms with Crippen molar-refractivity contribution in [2.45, 2.75) is 6.54 Å². The van der Waals surface area contributed by atoms with Crippen LogP contribution in [-0.2, 0) is 11.3 Å². The van der Waals surface area contributed by atoms with Crippen molar-refractivity contribution in [1.29, 1.82) is 0 Å². The summed E-state index contributed by atoms with van der Waals surface area (Å²) in [7, 11) is 5.87. The van der Waals surface area contributed by atoms with Crippen LogP contribution in [0.1, 0.15) is 5.56 Å². The molecule has 2 aromatic rings. The first-order chi connectivity index (χ1) is 14.3. The number of amides is 1. The number of hydrogen-bond acceptors (Lipinski definition) is 5. The van der Waals surface area contributed by atoms with E-state index >= 15 is 0 Å². The molecule has 8 nitrogen and oxygen atoms in total. The molecule has 0 spiro atoms. The van der Waals surface area contributed by atoms with Crippen LogP contribution < -0.4 is 14.7 Å². The monoisotopic (exact) mass is 412 g/mol. The van der Waals surface area contributed by atoms with Gasteiger partial charge >= 0.3 is 0 Å². The topological polar surface area (TPSA) is 74.4 Å². The highest BCUT2D eigenvalue weighted by Gasteiger charge is 2.24. The van der Waals surface area contributed by atoms with E-state index in [1.165, 1.54) is 17.0 Å². The molecular weight excluding hydrogens is 382 g/mol. The molecule has 30 heavy (non-hydrogen) atoms. The molecule has 0 atom stereocenters. The average Bonchev–Trinajstić information content (AvgIpc) is 2.74. The second-order valence-electron chi connectivity index (χ2n) is 8.00. The van der Waals surface area contributed by atoms with Crippen LogP contribution in [-0.4, -0.2) is 69.6 Å². The Balaban J connectivity index is 1.46. The Hall–Kier alpha value is -3.13. The number of likely N-dealkylation sites (N-methyl/N-ethyl adjacent to an activating group) is 1. The van der Waals surface area contributed by atoms with Gasteiger partial charge in [-0.1, -0.05) is 12.1 Å². The molecule has 1 fully saturated rings. The first-order valence-corrected chi connectivity index (χ1v) is 10.2. The van der Waals surface area contributed by atoms with E-state index in [4.69, 9.17) is 0 Å². The van der Waals surface area contributed by atoms with Crippen molar-refractivity contribution in [3.63, 3.8) is 0 Å². The van der Waals surface area contributed by atoms with Gasteiger partial charge in [-0.15, -0.1) is 0 Å².